The average molecular weight is 348 g/mol. The van der Waals surface area contributed by atoms with Gasteiger partial charge in [0.15, 0.2) is 5.78 Å². The Balaban J connectivity index is 1.94. The Morgan fingerprint density at radius 3 is 2.72 bits per heavy atom. The molecule has 3 heterocycles. The van der Waals surface area contributed by atoms with Gasteiger partial charge in [-0.05, 0) is 26.2 Å². The fourth-order valence-corrected chi connectivity index (χ4v) is 3.88. The van der Waals surface area contributed by atoms with Crippen molar-refractivity contribution < 1.29 is 29.0 Å². The Bertz CT molecular complexity index is 663. The smallest absolute Gasteiger partial charge is 0.336 e. The number of carbonyl (C=O) groups excluding carboxylic acids is 3. The van der Waals surface area contributed by atoms with E-state index in [1.165, 1.54) is 0 Å². The number of fused-ring (bicyclic) bond motifs is 4. The number of ether oxygens (including phenoxy) is 2. The average Bonchev–Trinajstić information content (AvgIpc) is 2.91. The van der Waals surface area contributed by atoms with Crippen molar-refractivity contribution in [2.24, 2.45) is 5.92 Å². The predicted molar refractivity (Wildman–Crippen MR) is 88.7 cm³/mol. The van der Waals surface area contributed by atoms with Gasteiger partial charge in [0.1, 0.15) is 24.1 Å². The van der Waals surface area contributed by atoms with Crippen LogP contribution in [0.15, 0.2) is 23.8 Å². The summed E-state index contributed by atoms with van der Waals surface area (Å²) in [5.74, 6) is -0.871. The van der Waals surface area contributed by atoms with Crippen LogP contribution < -0.4 is 0 Å². The van der Waals surface area contributed by atoms with E-state index in [2.05, 4.69) is 6.58 Å². The maximum atomic E-state index is 12.4. The summed E-state index contributed by atoms with van der Waals surface area (Å²) in [6.07, 6.45) is 0.187. The number of ketones is 2. The summed E-state index contributed by atoms with van der Waals surface area (Å²) in [7, 11) is 0. The third-order valence-corrected chi connectivity index (χ3v) is 5.34. The Kier molecular flexibility index (Phi) is 4.68. The van der Waals surface area contributed by atoms with E-state index in [-0.39, 0.29) is 48.7 Å². The van der Waals surface area contributed by atoms with Crippen LogP contribution in [-0.4, -0.2) is 46.6 Å². The summed E-state index contributed by atoms with van der Waals surface area (Å²) in [6, 6.07) is 0. The van der Waals surface area contributed by atoms with Gasteiger partial charge in [-0.3, -0.25) is 9.59 Å². The molecular formula is C19H24O6. The lowest BCUT2D eigenvalue weighted by Gasteiger charge is -2.27. The maximum Gasteiger partial charge on any atom is 0.336 e. The van der Waals surface area contributed by atoms with Crippen LogP contribution in [0.1, 0.15) is 46.0 Å². The summed E-state index contributed by atoms with van der Waals surface area (Å²) in [5.41, 5.74) is 0.194. The van der Waals surface area contributed by atoms with Crippen LogP contribution >= 0.6 is 0 Å². The highest BCUT2D eigenvalue weighted by Gasteiger charge is 2.49. The van der Waals surface area contributed by atoms with Crippen LogP contribution in [0, 0.1) is 5.92 Å². The van der Waals surface area contributed by atoms with Crippen LogP contribution in [0.2, 0.25) is 0 Å². The molecule has 5 atom stereocenters. The van der Waals surface area contributed by atoms with E-state index in [0.29, 0.717) is 6.42 Å². The van der Waals surface area contributed by atoms with Crippen molar-refractivity contribution in [3.63, 3.8) is 0 Å². The monoisotopic (exact) mass is 348 g/mol. The molecule has 6 nitrogen and oxygen atoms in total. The lowest BCUT2D eigenvalue weighted by molar-refractivity contribution is -0.144. The second-order valence-electron chi connectivity index (χ2n) is 7.68. The zero-order valence-corrected chi connectivity index (χ0v) is 14.6. The standard InChI is InChI=1S/C19H24O6/c1-10(2)11-4-5-13-17(22)16(24-18(13)23)9-19(3)8-14(21)15(25-19)7-12(20)6-11/h5,11,15-17,22H,1,4,6-9H2,2-3H3/b13-5+/t11-,15-,16+,17-,19+/m0/s1. The van der Waals surface area contributed by atoms with Crippen molar-refractivity contribution in [1.82, 2.24) is 0 Å². The first-order chi connectivity index (χ1) is 11.7. The first-order valence-electron chi connectivity index (χ1n) is 8.65. The third-order valence-electron chi connectivity index (χ3n) is 5.34. The van der Waals surface area contributed by atoms with Gasteiger partial charge in [0, 0.05) is 25.7 Å². The van der Waals surface area contributed by atoms with Crippen molar-refractivity contribution >= 4 is 17.5 Å². The van der Waals surface area contributed by atoms with E-state index in [9.17, 15) is 19.5 Å². The second-order valence-corrected chi connectivity index (χ2v) is 7.68. The molecule has 0 radical (unpaired) electrons. The van der Waals surface area contributed by atoms with Crippen LogP contribution in [-0.2, 0) is 23.9 Å². The number of carbonyl (C=O) groups is 3. The fraction of sp³-hybridized carbons (Fsp3) is 0.632. The highest BCUT2D eigenvalue weighted by Crippen LogP contribution is 2.38. The zero-order chi connectivity index (χ0) is 18.4. The second kappa shape index (κ2) is 6.50. The number of hydrogen-bond donors (Lipinski definition) is 1. The summed E-state index contributed by atoms with van der Waals surface area (Å²) in [5, 5.41) is 10.5. The highest BCUT2D eigenvalue weighted by atomic mass is 16.6. The van der Waals surface area contributed by atoms with E-state index >= 15 is 0 Å². The van der Waals surface area contributed by atoms with Gasteiger partial charge in [0.05, 0.1) is 11.2 Å². The predicted octanol–water partition coefficient (Wildman–Crippen LogP) is 1.65. The van der Waals surface area contributed by atoms with Crippen molar-refractivity contribution in [2.45, 2.75) is 69.9 Å². The van der Waals surface area contributed by atoms with Gasteiger partial charge >= 0.3 is 5.97 Å². The normalized spacial score (nSPS) is 41.2. The molecule has 136 valence electrons. The molecule has 1 N–H and O–H groups in total. The summed E-state index contributed by atoms with van der Waals surface area (Å²) in [4.78, 5) is 36.8. The Morgan fingerprint density at radius 2 is 2.04 bits per heavy atom. The van der Waals surface area contributed by atoms with E-state index in [1.54, 1.807) is 13.0 Å². The van der Waals surface area contributed by atoms with Gasteiger partial charge in [0.2, 0.25) is 0 Å². The van der Waals surface area contributed by atoms with Crippen LogP contribution in [0.4, 0.5) is 0 Å². The number of aliphatic hydroxyl groups is 1. The molecule has 0 aromatic rings. The van der Waals surface area contributed by atoms with Gasteiger partial charge in [-0.2, -0.15) is 0 Å². The van der Waals surface area contributed by atoms with Crippen molar-refractivity contribution in [2.75, 3.05) is 0 Å². The van der Waals surface area contributed by atoms with Crippen molar-refractivity contribution in [3.05, 3.63) is 23.8 Å². The number of allylic oxidation sites excluding steroid dienone is 2. The molecule has 2 fully saturated rings. The number of esters is 1. The molecule has 2 saturated heterocycles. The highest BCUT2D eigenvalue weighted by molar-refractivity contribution is 5.93. The Morgan fingerprint density at radius 1 is 1.32 bits per heavy atom. The summed E-state index contributed by atoms with van der Waals surface area (Å²) >= 11 is 0. The van der Waals surface area contributed by atoms with Gasteiger partial charge in [-0.15, -0.1) is 0 Å². The largest absolute Gasteiger partial charge is 0.456 e. The molecule has 3 rings (SSSR count). The van der Waals surface area contributed by atoms with E-state index in [0.717, 1.165) is 5.57 Å². The molecule has 3 aliphatic rings. The lowest BCUT2D eigenvalue weighted by atomic mass is 9.87. The van der Waals surface area contributed by atoms with Crippen molar-refractivity contribution in [3.8, 4) is 0 Å². The topological polar surface area (TPSA) is 89.9 Å². The molecule has 0 amide bonds. The van der Waals surface area contributed by atoms with E-state index in [1.807, 2.05) is 6.92 Å². The third kappa shape index (κ3) is 3.60. The molecule has 0 aliphatic carbocycles. The van der Waals surface area contributed by atoms with Crippen molar-refractivity contribution in [1.29, 1.82) is 0 Å². The Labute approximate surface area is 146 Å². The van der Waals surface area contributed by atoms with Gasteiger partial charge in [0.25, 0.3) is 0 Å². The minimum Gasteiger partial charge on any atom is -0.456 e. The van der Waals surface area contributed by atoms with Gasteiger partial charge in [-0.1, -0.05) is 18.2 Å². The molecule has 0 aromatic carbocycles. The van der Waals surface area contributed by atoms with Gasteiger partial charge in [-0.25, -0.2) is 4.79 Å². The molecule has 0 unspecified atom stereocenters. The first kappa shape index (κ1) is 18.0. The van der Waals surface area contributed by atoms with Crippen LogP contribution in [0.3, 0.4) is 0 Å². The quantitative estimate of drug-likeness (QED) is 0.572. The summed E-state index contributed by atoms with van der Waals surface area (Å²) < 4.78 is 11.2. The zero-order valence-electron chi connectivity index (χ0n) is 14.6. The fourth-order valence-electron chi connectivity index (χ4n) is 3.88. The van der Waals surface area contributed by atoms with E-state index < -0.39 is 29.9 Å². The SMILES string of the molecule is C=C(C)[C@H]1C/C=C2/C(=O)O[C@H](C[C@@]3(C)CC(=O)[C@H](CC(=O)C1)O3)[C@H]2O. The number of Topliss-reactive ketones (excluding diaryl/α,β-unsaturated/α-hetero) is 2. The number of hydrogen-bond acceptors (Lipinski definition) is 6. The lowest BCUT2D eigenvalue weighted by Crippen LogP contribution is -2.35. The molecule has 25 heavy (non-hydrogen) atoms. The molecule has 0 aromatic heterocycles. The minimum absolute atomic E-state index is 0.0541. The molecule has 0 spiro atoms. The molecule has 3 aliphatic heterocycles. The number of aliphatic hydroxyl groups excluding tert-OH is 1. The van der Waals surface area contributed by atoms with Crippen LogP contribution in [0.25, 0.3) is 0 Å². The molecule has 0 saturated carbocycles. The van der Waals surface area contributed by atoms with Gasteiger partial charge < -0.3 is 14.6 Å². The summed E-state index contributed by atoms with van der Waals surface area (Å²) in [6.45, 7) is 7.50. The number of rotatable bonds is 1. The molecule has 4 bridgehead atoms. The Hall–Kier alpha value is -1.79. The molecular weight excluding hydrogens is 324 g/mol. The maximum absolute atomic E-state index is 12.4. The minimum atomic E-state index is -1.05. The van der Waals surface area contributed by atoms with E-state index in [4.69, 9.17) is 9.47 Å². The first-order valence-corrected chi connectivity index (χ1v) is 8.65. The molecule has 6 heteroatoms. The van der Waals surface area contributed by atoms with Crippen LogP contribution in [0.5, 0.6) is 0 Å².